The molecule has 0 fully saturated rings. The number of carbonyl (C=O) groups excluding carboxylic acids is 1. The van der Waals surface area contributed by atoms with Gasteiger partial charge in [-0.25, -0.2) is 0 Å². The summed E-state index contributed by atoms with van der Waals surface area (Å²) in [5.41, 5.74) is 0. The molecule has 3 unspecified atom stereocenters. The second-order valence-electron chi connectivity index (χ2n) is 21.4. The predicted molar refractivity (Wildman–Crippen MR) is 289 cm³/mol. The summed E-state index contributed by atoms with van der Waals surface area (Å²) in [6.07, 6.45) is 62.5. The van der Waals surface area contributed by atoms with Gasteiger partial charge in [0.15, 0.2) is 0 Å². The van der Waals surface area contributed by atoms with Crippen LogP contribution >= 0.6 is 7.82 Å². The highest BCUT2D eigenvalue weighted by molar-refractivity contribution is 7.45. The van der Waals surface area contributed by atoms with Gasteiger partial charge < -0.3 is 28.8 Å². The Kier molecular flexibility index (Phi) is 49.2. The van der Waals surface area contributed by atoms with Crippen LogP contribution in [0, 0.1) is 0 Å². The highest BCUT2D eigenvalue weighted by Crippen LogP contribution is 2.38. The minimum Gasteiger partial charge on any atom is -0.756 e. The van der Waals surface area contributed by atoms with E-state index in [1.165, 1.54) is 231 Å². The molecule has 0 aromatic carbocycles. The Morgan fingerprint density at radius 2 is 0.821 bits per heavy atom. The Hall–Kier alpha value is -1.02. The number of likely N-dealkylation sites (N-methyl/N-ethyl adjacent to an activating group) is 1. The number of aliphatic hydroxyl groups excluding tert-OH is 1. The SMILES string of the molecule is CCCCCCCC/C=C\CCCCCCCCCCCC(=O)NC(COP(=O)([O-])OCC[N+](C)(C)C)C(O)/C=C/CCCCCCCCCCCCCCCCCCCCCCCCCC. The maximum atomic E-state index is 13.0. The summed E-state index contributed by atoms with van der Waals surface area (Å²) < 4.78 is 23.4. The molecule has 3 atom stereocenters. The van der Waals surface area contributed by atoms with Crippen molar-refractivity contribution in [1.29, 1.82) is 0 Å². The summed E-state index contributed by atoms with van der Waals surface area (Å²) in [5.74, 6) is -0.196. The van der Waals surface area contributed by atoms with Gasteiger partial charge in [-0.05, 0) is 44.9 Å². The molecule has 0 aromatic rings. The van der Waals surface area contributed by atoms with Crippen LogP contribution in [0.3, 0.4) is 0 Å². The third kappa shape index (κ3) is 52.6. The van der Waals surface area contributed by atoms with Gasteiger partial charge in [0.2, 0.25) is 5.91 Å². The molecule has 0 radical (unpaired) electrons. The van der Waals surface area contributed by atoms with Gasteiger partial charge in [-0.3, -0.25) is 9.36 Å². The average Bonchev–Trinajstić information content (AvgIpc) is 3.29. The largest absolute Gasteiger partial charge is 0.756 e. The van der Waals surface area contributed by atoms with Gasteiger partial charge in [-0.1, -0.05) is 263 Å². The fourth-order valence-electron chi connectivity index (χ4n) is 8.80. The fourth-order valence-corrected chi connectivity index (χ4v) is 9.52. The van der Waals surface area contributed by atoms with Crippen molar-refractivity contribution in [2.75, 3.05) is 40.9 Å². The lowest BCUT2D eigenvalue weighted by molar-refractivity contribution is -0.870. The minimum atomic E-state index is -4.60. The third-order valence-corrected chi connectivity index (χ3v) is 14.4. The second-order valence-corrected chi connectivity index (χ2v) is 22.8. The van der Waals surface area contributed by atoms with Gasteiger partial charge in [-0.2, -0.15) is 0 Å². The van der Waals surface area contributed by atoms with Gasteiger partial charge in [-0.15, -0.1) is 0 Å². The standard InChI is InChI=1S/C58H115N2O6P/c1-6-8-10-12-14-16-18-20-22-24-26-27-28-29-30-31-32-34-35-37-39-41-43-45-47-49-51-57(61)56(55-66-67(63,64)65-54-53-60(3,4)5)59-58(62)52-50-48-46-44-42-40-38-36-33-25-23-21-19-17-15-13-11-9-7-2/h21,23,49,51,56-57,61H,6-20,22,24-48,50,52-55H2,1-5H3,(H-,59,62,63,64)/b23-21-,51-49+. The molecule has 0 spiro atoms. The Bertz CT molecular complexity index is 1140. The first-order chi connectivity index (χ1) is 32.5. The number of allylic oxidation sites excluding steroid dienone is 3. The van der Waals surface area contributed by atoms with Crippen LogP contribution in [0.15, 0.2) is 24.3 Å². The van der Waals surface area contributed by atoms with E-state index in [1.807, 2.05) is 27.2 Å². The zero-order valence-electron chi connectivity index (χ0n) is 45.4. The summed E-state index contributed by atoms with van der Waals surface area (Å²) in [5, 5.41) is 13.9. The number of rotatable bonds is 54. The lowest BCUT2D eigenvalue weighted by Gasteiger charge is -2.29. The van der Waals surface area contributed by atoms with Crippen molar-refractivity contribution in [3.8, 4) is 0 Å². The number of phosphoric acid groups is 1. The number of aliphatic hydroxyl groups is 1. The van der Waals surface area contributed by atoms with Gasteiger partial charge in [0.25, 0.3) is 7.82 Å². The molecule has 1 amide bonds. The molecule has 0 aromatic heterocycles. The summed E-state index contributed by atoms with van der Waals surface area (Å²) in [7, 11) is 1.27. The number of nitrogens with one attached hydrogen (secondary N) is 1. The summed E-state index contributed by atoms with van der Waals surface area (Å²) in [6, 6.07) is -0.886. The molecule has 0 bridgehead atoms. The summed E-state index contributed by atoms with van der Waals surface area (Å²) in [6.45, 7) is 4.68. The van der Waals surface area contributed by atoms with E-state index < -0.39 is 20.0 Å². The highest BCUT2D eigenvalue weighted by Gasteiger charge is 2.23. The van der Waals surface area contributed by atoms with E-state index in [9.17, 15) is 19.4 Å². The lowest BCUT2D eigenvalue weighted by atomic mass is 10.0. The van der Waals surface area contributed by atoms with E-state index in [1.54, 1.807) is 6.08 Å². The number of quaternary nitrogens is 1. The van der Waals surface area contributed by atoms with Gasteiger partial charge in [0, 0.05) is 6.42 Å². The Balaban J connectivity index is 4.18. The number of hydrogen-bond acceptors (Lipinski definition) is 6. The maximum absolute atomic E-state index is 13.0. The average molecular weight is 968 g/mol. The Morgan fingerprint density at radius 3 is 1.16 bits per heavy atom. The quantitative estimate of drug-likeness (QED) is 0.0272. The molecule has 0 aliphatic carbocycles. The normalized spacial score (nSPS) is 14.1. The monoisotopic (exact) mass is 967 g/mol. The minimum absolute atomic E-state index is 0.000344. The molecule has 67 heavy (non-hydrogen) atoms. The zero-order chi connectivity index (χ0) is 49.2. The number of phosphoric ester groups is 1. The Morgan fingerprint density at radius 1 is 0.507 bits per heavy atom. The molecular weight excluding hydrogens is 852 g/mol. The van der Waals surface area contributed by atoms with Gasteiger partial charge >= 0.3 is 0 Å². The topological polar surface area (TPSA) is 108 Å². The van der Waals surface area contributed by atoms with Crippen LogP contribution in [0.4, 0.5) is 0 Å². The number of nitrogens with zero attached hydrogens (tertiary/aromatic N) is 1. The molecule has 2 N–H and O–H groups in total. The van der Waals surface area contributed by atoms with E-state index in [-0.39, 0.29) is 19.1 Å². The van der Waals surface area contributed by atoms with Crippen LogP contribution in [-0.2, 0) is 18.4 Å². The van der Waals surface area contributed by atoms with Crippen molar-refractivity contribution in [3.05, 3.63) is 24.3 Å². The summed E-state index contributed by atoms with van der Waals surface area (Å²) >= 11 is 0. The van der Waals surface area contributed by atoms with E-state index in [4.69, 9.17) is 9.05 Å². The van der Waals surface area contributed by atoms with Crippen LogP contribution in [0.1, 0.15) is 290 Å². The lowest BCUT2D eigenvalue weighted by Crippen LogP contribution is -2.45. The number of hydrogen-bond donors (Lipinski definition) is 2. The molecule has 0 heterocycles. The van der Waals surface area contributed by atoms with Crippen molar-refractivity contribution < 1.29 is 32.9 Å². The van der Waals surface area contributed by atoms with Gasteiger partial charge in [0.1, 0.15) is 13.2 Å². The van der Waals surface area contributed by atoms with Crippen molar-refractivity contribution >= 4 is 13.7 Å². The number of amides is 1. The molecular formula is C58H115N2O6P. The molecule has 398 valence electrons. The van der Waals surface area contributed by atoms with Crippen LogP contribution in [0.5, 0.6) is 0 Å². The first-order valence-electron chi connectivity index (χ1n) is 29.2. The first-order valence-corrected chi connectivity index (χ1v) is 30.7. The molecule has 9 heteroatoms. The molecule has 0 saturated heterocycles. The second kappa shape index (κ2) is 49.9. The van der Waals surface area contributed by atoms with Crippen LogP contribution in [0.2, 0.25) is 0 Å². The van der Waals surface area contributed by atoms with E-state index in [0.717, 1.165) is 38.5 Å². The molecule has 0 aliphatic heterocycles. The van der Waals surface area contributed by atoms with E-state index in [2.05, 4.69) is 31.3 Å². The van der Waals surface area contributed by atoms with Crippen molar-refractivity contribution in [2.24, 2.45) is 0 Å². The molecule has 0 saturated carbocycles. The molecule has 8 nitrogen and oxygen atoms in total. The van der Waals surface area contributed by atoms with Crippen LogP contribution < -0.4 is 10.2 Å². The van der Waals surface area contributed by atoms with Crippen LogP contribution in [0.25, 0.3) is 0 Å². The van der Waals surface area contributed by atoms with Crippen molar-refractivity contribution in [2.45, 2.75) is 302 Å². The molecule has 0 rings (SSSR count). The third-order valence-electron chi connectivity index (χ3n) is 13.4. The van der Waals surface area contributed by atoms with E-state index in [0.29, 0.717) is 17.4 Å². The predicted octanol–water partition coefficient (Wildman–Crippen LogP) is 17.0. The maximum Gasteiger partial charge on any atom is 0.268 e. The van der Waals surface area contributed by atoms with Crippen LogP contribution in [-0.4, -0.2) is 68.5 Å². The van der Waals surface area contributed by atoms with E-state index >= 15 is 0 Å². The molecule has 0 aliphatic rings. The van der Waals surface area contributed by atoms with Crippen molar-refractivity contribution in [3.63, 3.8) is 0 Å². The Labute approximate surface area is 417 Å². The van der Waals surface area contributed by atoms with Crippen molar-refractivity contribution in [1.82, 2.24) is 5.32 Å². The zero-order valence-corrected chi connectivity index (χ0v) is 46.3. The number of carbonyl (C=O) groups is 1. The summed E-state index contributed by atoms with van der Waals surface area (Å²) in [4.78, 5) is 25.5. The number of unbranched alkanes of at least 4 members (excludes halogenated alkanes) is 39. The first kappa shape index (κ1) is 66.0. The highest BCUT2D eigenvalue weighted by atomic mass is 31.2. The van der Waals surface area contributed by atoms with Gasteiger partial charge in [0.05, 0.1) is 39.9 Å². The fraction of sp³-hybridized carbons (Fsp3) is 0.914. The smallest absolute Gasteiger partial charge is 0.268 e.